The maximum absolute atomic E-state index is 13.0. The van der Waals surface area contributed by atoms with Crippen LogP contribution in [0.5, 0.6) is 0 Å². The number of nitrogens with zero attached hydrogens (tertiary/aromatic N) is 2. The number of carbonyl (C=O) groups excluding carboxylic acids is 2. The van der Waals surface area contributed by atoms with Crippen molar-refractivity contribution >= 4 is 34.3 Å². The van der Waals surface area contributed by atoms with Crippen LogP contribution in [0.2, 0.25) is 0 Å². The Balaban J connectivity index is 1.56. The first kappa shape index (κ1) is 15.4. The SMILES string of the molecule is O=C(NCC1CC1)[C@@H]1CSCN1C(=O)c1nccc2ccccc12. The highest BCUT2D eigenvalue weighted by molar-refractivity contribution is 7.99. The van der Waals surface area contributed by atoms with Gasteiger partial charge in [0.1, 0.15) is 11.7 Å². The van der Waals surface area contributed by atoms with Gasteiger partial charge in [0.2, 0.25) is 5.91 Å². The molecule has 1 saturated heterocycles. The highest BCUT2D eigenvalue weighted by Gasteiger charge is 2.36. The summed E-state index contributed by atoms with van der Waals surface area (Å²) >= 11 is 1.61. The summed E-state index contributed by atoms with van der Waals surface area (Å²) < 4.78 is 0. The van der Waals surface area contributed by atoms with E-state index in [2.05, 4.69) is 10.3 Å². The third-order valence-corrected chi connectivity index (χ3v) is 5.60. The molecule has 1 aromatic carbocycles. The molecule has 2 amide bonds. The lowest BCUT2D eigenvalue weighted by molar-refractivity contribution is -0.124. The number of hydrogen-bond acceptors (Lipinski definition) is 4. The molecular formula is C18H19N3O2S. The Kier molecular flexibility index (Phi) is 4.14. The van der Waals surface area contributed by atoms with Gasteiger partial charge < -0.3 is 10.2 Å². The van der Waals surface area contributed by atoms with Crippen molar-refractivity contribution in [2.24, 2.45) is 5.92 Å². The first-order valence-corrected chi connectivity index (χ1v) is 9.39. The molecule has 5 nitrogen and oxygen atoms in total. The van der Waals surface area contributed by atoms with Crippen LogP contribution in [0.15, 0.2) is 36.5 Å². The monoisotopic (exact) mass is 341 g/mol. The van der Waals surface area contributed by atoms with Crippen LogP contribution in [0, 0.1) is 5.92 Å². The van der Waals surface area contributed by atoms with Gasteiger partial charge in [-0.1, -0.05) is 24.3 Å². The van der Waals surface area contributed by atoms with Gasteiger partial charge in [0.05, 0.1) is 5.88 Å². The van der Waals surface area contributed by atoms with Gasteiger partial charge in [-0.3, -0.25) is 14.6 Å². The Morgan fingerprint density at radius 1 is 1.25 bits per heavy atom. The van der Waals surface area contributed by atoms with Crippen LogP contribution in [-0.2, 0) is 4.79 Å². The number of aromatic nitrogens is 1. The van der Waals surface area contributed by atoms with Crippen molar-refractivity contribution in [1.82, 2.24) is 15.2 Å². The van der Waals surface area contributed by atoms with E-state index in [0.29, 0.717) is 23.2 Å². The highest BCUT2D eigenvalue weighted by Crippen LogP contribution is 2.28. The molecule has 1 N–H and O–H groups in total. The van der Waals surface area contributed by atoms with Crippen molar-refractivity contribution in [1.29, 1.82) is 0 Å². The van der Waals surface area contributed by atoms with Crippen molar-refractivity contribution in [2.45, 2.75) is 18.9 Å². The Bertz CT molecular complexity index is 785. The molecule has 1 atom stereocenters. The Morgan fingerprint density at radius 2 is 2.08 bits per heavy atom. The van der Waals surface area contributed by atoms with Crippen molar-refractivity contribution in [3.05, 3.63) is 42.2 Å². The molecular weight excluding hydrogens is 322 g/mol. The minimum atomic E-state index is -0.401. The van der Waals surface area contributed by atoms with E-state index in [1.54, 1.807) is 22.9 Å². The zero-order valence-electron chi connectivity index (χ0n) is 13.3. The van der Waals surface area contributed by atoms with Gasteiger partial charge in [-0.15, -0.1) is 11.8 Å². The number of fused-ring (bicyclic) bond motifs is 1. The summed E-state index contributed by atoms with van der Waals surface area (Å²) in [6.07, 6.45) is 4.05. The Morgan fingerprint density at radius 3 is 2.92 bits per heavy atom. The van der Waals surface area contributed by atoms with E-state index in [0.717, 1.165) is 17.3 Å². The molecule has 24 heavy (non-hydrogen) atoms. The first-order chi connectivity index (χ1) is 11.7. The van der Waals surface area contributed by atoms with Crippen LogP contribution in [0.1, 0.15) is 23.3 Å². The fourth-order valence-electron chi connectivity index (χ4n) is 2.97. The zero-order chi connectivity index (χ0) is 16.5. The van der Waals surface area contributed by atoms with E-state index >= 15 is 0 Å². The maximum Gasteiger partial charge on any atom is 0.274 e. The molecule has 6 heteroatoms. The number of hydrogen-bond donors (Lipinski definition) is 1. The van der Waals surface area contributed by atoms with E-state index < -0.39 is 6.04 Å². The van der Waals surface area contributed by atoms with Gasteiger partial charge in [-0.2, -0.15) is 0 Å². The molecule has 124 valence electrons. The van der Waals surface area contributed by atoms with Crippen LogP contribution in [0.4, 0.5) is 0 Å². The van der Waals surface area contributed by atoms with Crippen LogP contribution in [-0.4, -0.2) is 45.9 Å². The summed E-state index contributed by atoms with van der Waals surface area (Å²) in [7, 11) is 0. The Labute approximate surface area is 144 Å². The van der Waals surface area contributed by atoms with Crippen molar-refractivity contribution < 1.29 is 9.59 Å². The molecule has 1 aliphatic heterocycles. The van der Waals surface area contributed by atoms with Crippen LogP contribution >= 0.6 is 11.8 Å². The van der Waals surface area contributed by atoms with Gasteiger partial charge in [0, 0.05) is 23.9 Å². The largest absolute Gasteiger partial charge is 0.354 e. The lowest BCUT2D eigenvalue weighted by atomic mass is 10.1. The molecule has 2 aromatic rings. The summed E-state index contributed by atoms with van der Waals surface area (Å²) in [5, 5.41) is 4.81. The van der Waals surface area contributed by atoms with Crippen molar-refractivity contribution in [3.8, 4) is 0 Å². The molecule has 1 aromatic heterocycles. The summed E-state index contributed by atoms with van der Waals surface area (Å²) in [6.45, 7) is 0.731. The first-order valence-electron chi connectivity index (χ1n) is 8.24. The molecule has 0 spiro atoms. The average Bonchev–Trinajstić information content (AvgIpc) is 3.32. The van der Waals surface area contributed by atoms with Crippen LogP contribution in [0.25, 0.3) is 10.8 Å². The molecule has 0 unspecified atom stereocenters. The predicted octanol–water partition coefficient (Wildman–Crippen LogP) is 2.28. The second-order valence-corrected chi connectivity index (χ2v) is 7.36. The predicted molar refractivity (Wildman–Crippen MR) is 94.8 cm³/mol. The molecule has 1 aliphatic carbocycles. The number of thioether (sulfide) groups is 1. The summed E-state index contributed by atoms with van der Waals surface area (Å²) in [6, 6.07) is 9.20. The minimum absolute atomic E-state index is 0.0412. The number of pyridine rings is 1. The third kappa shape index (κ3) is 2.98. The number of amides is 2. The quantitative estimate of drug-likeness (QED) is 0.927. The third-order valence-electron chi connectivity index (χ3n) is 4.58. The van der Waals surface area contributed by atoms with Gasteiger partial charge in [-0.25, -0.2) is 0 Å². The van der Waals surface area contributed by atoms with E-state index in [1.807, 2.05) is 30.3 Å². The van der Waals surface area contributed by atoms with Crippen LogP contribution < -0.4 is 5.32 Å². The summed E-state index contributed by atoms with van der Waals surface area (Å²) in [4.78, 5) is 31.4. The van der Waals surface area contributed by atoms with Crippen molar-refractivity contribution in [2.75, 3.05) is 18.2 Å². The van der Waals surface area contributed by atoms with Gasteiger partial charge in [0.15, 0.2) is 0 Å². The van der Waals surface area contributed by atoms with Gasteiger partial charge in [-0.05, 0) is 30.2 Å². The topological polar surface area (TPSA) is 62.3 Å². The Hall–Kier alpha value is -2.08. The fourth-order valence-corrected chi connectivity index (χ4v) is 4.12. The lowest BCUT2D eigenvalue weighted by Gasteiger charge is -2.23. The molecule has 2 aliphatic rings. The normalized spacial score (nSPS) is 20.3. The number of carbonyl (C=O) groups is 2. The lowest BCUT2D eigenvalue weighted by Crippen LogP contribution is -2.47. The van der Waals surface area contributed by atoms with Gasteiger partial charge in [0.25, 0.3) is 5.91 Å². The number of benzene rings is 1. The summed E-state index contributed by atoms with van der Waals surface area (Å²) in [5.41, 5.74) is 0.426. The molecule has 2 fully saturated rings. The number of rotatable bonds is 4. The van der Waals surface area contributed by atoms with E-state index in [9.17, 15) is 9.59 Å². The maximum atomic E-state index is 13.0. The minimum Gasteiger partial charge on any atom is -0.354 e. The molecule has 4 rings (SSSR count). The molecule has 0 bridgehead atoms. The van der Waals surface area contributed by atoms with E-state index in [1.165, 1.54) is 12.8 Å². The summed E-state index contributed by atoms with van der Waals surface area (Å²) in [5.74, 6) is 1.61. The number of nitrogens with one attached hydrogen (secondary N) is 1. The standard InChI is InChI=1S/C18H19N3O2S/c22-17(20-9-12-5-6-12)15-10-24-11-21(15)18(23)16-14-4-2-1-3-13(14)7-8-19-16/h1-4,7-8,12,15H,5-6,9-11H2,(H,20,22)/t15-/m0/s1. The molecule has 2 heterocycles. The average molecular weight is 341 g/mol. The van der Waals surface area contributed by atoms with E-state index in [-0.39, 0.29) is 11.8 Å². The smallest absolute Gasteiger partial charge is 0.274 e. The highest BCUT2D eigenvalue weighted by atomic mass is 32.2. The fraction of sp³-hybridized carbons (Fsp3) is 0.389. The molecule has 1 saturated carbocycles. The second-order valence-electron chi connectivity index (χ2n) is 6.36. The zero-order valence-corrected chi connectivity index (χ0v) is 14.1. The van der Waals surface area contributed by atoms with Crippen LogP contribution in [0.3, 0.4) is 0 Å². The second kappa shape index (κ2) is 6.43. The van der Waals surface area contributed by atoms with Gasteiger partial charge >= 0.3 is 0 Å². The van der Waals surface area contributed by atoms with Crippen molar-refractivity contribution in [3.63, 3.8) is 0 Å². The van der Waals surface area contributed by atoms with E-state index in [4.69, 9.17) is 0 Å². The molecule has 0 radical (unpaired) electrons.